The van der Waals surface area contributed by atoms with Crippen molar-refractivity contribution in [2.45, 2.75) is 65.1 Å². The summed E-state index contributed by atoms with van der Waals surface area (Å²) in [6, 6.07) is 11.5. The molecule has 1 aromatic heterocycles. The van der Waals surface area contributed by atoms with Gasteiger partial charge in [-0.2, -0.15) is 11.3 Å². The van der Waals surface area contributed by atoms with E-state index in [4.69, 9.17) is 4.74 Å². The number of methoxy groups -OCH3 is 1. The van der Waals surface area contributed by atoms with Crippen molar-refractivity contribution in [2.24, 2.45) is 0 Å². The zero-order valence-corrected chi connectivity index (χ0v) is 23.4. The van der Waals surface area contributed by atoms with Crippen LogP contribution in [0.25, 0.3) is 0 Å². The second-order valence-corrected chi connectivity index (χ2v) is 11.0. The molecule has 1 aromatic carbocycles. The minimum atomic E-state index is -0.0804. The van der Waals surface area contributed by atoms with Crippen LogP contribution in [0.5, 0.6) is 5.75 Å². The summed E-state index contributed by atoms with van der Waals surface area (Å²) in [6.45, 7) is 10.2. The number of benzene rings is 1. The fraction of sp³-hybridized carbons (Fsp3) is 0.517. The summed E-state index contributed by atoms with van der Waals surface area (Å²) >= 11 is 1.75. The summed E-state index contributed by atoms with van der Waals surface area (Å²) in [6.07, 6.45) is 3.84. The molecule has 0 spiro atoms. The van der Waals surface area contributed by atoms with Crippen LogP contribution in [0.2, 0.25) is 0 Å². The van der Waals surface area contributed by atoms with Gasteiger partial charge in [0.05, 0.1) is 7.11 Å². The number of hydrogen-bond donors (Lipinski definition) is 2. The Balaban J connectivity index is 1.30. The maximum atomic E-state index is 12.8. The minimum absolute atomic E-state index is 0.0804. The first-order chi connectivity index (χ1) is 17.9. The highest BCUT2D eigenvalue weighted by Gasteiger charge is 2.30. The van der Waals surface area contributed by atoms with Gasteiger partial charge in [-0.3, -0.25) is 10.0 Å². The quantitative estimate of drug-likeness (QED) is 0.348. The molecule has 1 unspecified atom stereocenters. The second kappa shape index (κ2) is 12.6. The molecule has 1 fully saturated rings. The van der Waals surface area contributed by atoms with Crippen LogP contribution in [0.15, 0.2) is 52.2 Å². The number of hydrogen-bond acceptors (Lipinski definition) is 6. The number of hydroxylamine groups is 1. The van der Waals surface area contributed by atoms with Gasteiger partial charge in [-0.1, -0.05) is 0 Å². The van der Waals surface area contributed by atoms with Gasteiger partial charge in [0.2, 0.25) is 5.71 Å². The van der Waals surface area contributed by atoms with Crippen molar-refractivity contribution in [3.05, 3.63) is 57.8 Å². The molecule has 2 aromatic rings. The third-order valence-electron chi connectivity index (χ3n) is 7.85. The minimum Gasteiger partial charge on any atom is -0.497 e. The van der Waals surface area contributed by atoms with Gasteiger partial charge in [-0.05, 0) is 90.1 Å². The number of carbonyl (C=O) groups is 1. The fourth-order valence-electron chi connectivity index (χ4n) is 5.45. The van der Waals surface area contributed by atoms with E-state index in [9.17, 15) is 10.0 Å². The number of amides is 1. The lowest BCUT2D eigenvalue weighted by molar-refractivity contribution is -0.774. The first-order valence-electron chi connectivity index (χ1n) is 13.3. The van der Waals surface area contributed by atoms with Crippen LogP contribution >= 0.6 is 11.3 Å². The molecule has 1 amide bonds. The molecule has 0 bridgehead atoms. The van der Waals surface area contributed by atoms with Gasteiger partial charge in [-0.25, -0.2) is 0 Å². The molecule has 0 saturated carbocycles. The van der Waals surface area contributed by atoms with Gasteiger partial charge in [0, 0.05) is 57.3 Å². The molecule has 2 N–H and O–H groups in total. The van der Waals surface area contributed by atoms with Gasteiger partial charge >= 0.3 is 0 Å². The summed E-state index contributed by atoms with van der Waals surface area (Å²) in [4.78, 5) is 17.9. The largest absolute Gasteiger partial charge is 0.497 e. The number of piperidine rings is 1. The summed E-state index contributed by atoms with van der Waals surface area (Å²) in [5.41, 5.74) is 4.90. The number of nitrogens with zero attached hydrogens (tertiary/aromatic N) is 3. The highest BCUT2D eigenvalue weighted by atomic mass is 32.1. The molecule has 2 aliphatic rings. The SMILES string of the molecule is COc1ccc(N(Cc2ccsc2)C2CCN(C(C)CCNC(=O)C3=C(C)CC[N+](O)=C3C)CC2)cc1. The Labute approximate surface area is 225 Å². The summed E-state index contributed by atoms with van der Waals surface area (Å²) < 4.78 is 6.55. The number of ether oxygens (including phenoxy) is 1. The summed E-state index contributed by atoms with van der Waals surface area (Å²) in [5.74, 6) is 0.801. The van der Waals surface area contributed by atoms with Gasteiger partial charge in [0.25, 0.3) is 5.91 Å². The van der Waals surface area contributed by atoms with Crippen molar-refractivity contribution in [1.29, 1.82) is 0 Å². The number of rotatable bonds is 10. The van der Waals surface area contributed by atoms with E-state index >= 15 is 0 Å². The van der Waals surface area contributed by atoms with Crippen LogP contribution in [-0.2, 0) is 11.3 Å². The van der Waals surface area contributed by atoms with Crippen LogP contribution in [0, 0.1) is 0 Å². The molecular formula is C29H41N4O3S+. The van der Waals surface area contributed by atoms with E-state index < -0.39 is 0 Å². The number of anilines is 1. The van der Waals surface area contributed by atoms with E-state index in [1.165, 1.54) is 16.0 Å². The standard InChI is InChI=1S/C29H40N4O3S/c1-21-10-17-33(35)23(3)28(21)29(34)30-14-9-22(2)31-15-11-26(12-16-31)32(19-24-13-18-37-20-24)25-5-7-27(36-4)8-6-25/h5-8,13,18,20,22,26H,9-12,14-17,19H2,1-4H3,(H-,30,34,35)/p+1. The van der Waals surface area contributed by atoms with E-state index in [1.807, 2.05) is 19.1 Å². The number of carbonyl (C=O) groups excluding carboxylic acids is 1. The molecule has 37 heavy (non-hydrogen) atoms. The predicted octanol–water partition coefficient (Wildman–Crippen LogP) is 4.71. The average Bonchev–Trinajstić information content (AvgIpc) is 3.43. The topological polar surface area (TPSA) is 68.0 Å². The first kappa shape index (κ1) is 27.2. The van der Waals surface area contributed by atoms with Gasteiger partial charge in [-0.15, -0.1) is 0 Å². The van der Waals surface area contributed by atoms with Crippen LogP contribution in [0.3, 0.4) is 0 Å². The zero-order chi connectivity index (χ0) is 26.4. The molecule has 3 heterocycles. The van der Waals surface area contributed by atoms with Crippen molar-refractivity contribution >= 4 is 28.6 Å². The molecule has 4 rings (SSSR count). The summed E-state index contributed by atoms with van der Waals surface area (Å²) in [5, 5.41) is 17.5. The van der Waals surface area contributed by atoms with E-state index in [1.54, 1.807) is 25.4 Å². The lowest BCUT2D eigenvalue weighted by Gasteiger charge is -2.42. The molecule has 0 aliphatic carbocycles. The highest BCUT2D eigenvalue weighted by Crippen LogP contribution is 2.29. The molecule has 7 nitrogen and oxygen atoms in total. The van der Waals surface area contributed by atoms with Crippen LogP contribution in [0.1, 0.15) is 52.0 Å². The van der Waals surface area contributed by atoms with Gasteiger partial charge < -0.3 is 19.9 Å². The molecule has 200 valence electrons. The first-order valence-corrected chi connectivity index (χ1v) is 14.3. The van der Waals surface area contributed by atoms with E-state index in [2.05, 4.69) is 51.0 Å². The monoisotopic (exact) mass is 525 g/mol. The van der Waals surface area contributed by atoms with Crippen molar-refractivity contribution in [1.82, 2.24) is 10.2 Å². The third kappa shape index (κ3) is 6.73. The Hall–Kier alpha value is -2.84. The Morgan fingerprint density at radius 2 is 1.97 bits per heavy atom. The average molecular weight is 526 g/mol. The number of likely N-dealkylation sites (tertiary alicyclic amines) is 1. The maximum Gasteiger partial charge on any atom is 0.257 e. The van der Waals surface area contributed by atoms with Crippen molar-refractivity contribution in [3.8, 4) is 5.75 Å². The lowest BCUT2D eigenvalue weighted by Crippen LogP contribution is -2.48. The Bertz CT molecular complexity index is 1100. The van der Waals surface area contributed by atoms with Crippen molar-refractivity contribution in [3.63, 3.8) is 0 Å². The van der Waals surface area contributed by atoms with E-state index in [0.29, 0.717) is 42.9 Å². The van der Waals surface area contributed by atoms with Crippen molar-refractivity contribution < 1.29 is 19.5 Å². The molecular weight excluding hydrogens is 484 g/mol. The van der Waals surface area contributed by atoms with Crippen LogP contribution < -0.4 is 15.0 Å². The zero-order valence-electron chi connectivity index (χ0n) is 22.6. The van der Waals surface area contributed by atoms with E-state index in [0.717, 1.165) is 50.2 Å². The third-order valence-corrected chi connectivity index (χ3v) is 8.58. The normalized spacial score (nSPS) is 18.2. The van der Waals surface area contributed by atoms with Crippen LogP contribution in [0.4, 0.5) is 5.69 Å². The van der Waals surface area contributed by atoms with Crippen molar-refractivity contribution in [2.75, 3.05) is 38.2 Å². The molecule has 8 heteroatoms. The smallest absolute Gasteiger partial charge is 0.257 e. The van der Waals surface area contributed by atoms with Crippen LogP contribution in [-0.4, -0.2) is 71.8 Å². The van der Waals surface area contributed by atoms with E-state index in [-0.39, 0.29) is 5.91 Å². The maximum absolute atomic E-state index is 12.8. The molecule has 0 radical (unpaired) electrons. The molecule has 2 aliphatic heterocycles. The van der Waals surface area contributed by atoms with Gasteiger partial charge in [0.1, 0.15) is 11.3 Å². The second-order valence-electron chi connectivity index (χ2n) is 10.2. The lowest BCUT2D eigenvalue weighted by atomic mass is 9.98. The number of nitrogens with one attached hydrogen (secondary N) is 1. The Morgan fingerprint density at radius 3 is 2.62 bits per heavy atom. The number of thiophene rings is 1. The Kier molecular flexibility index (Phi) is 9.27. The highest BCUT2D eigenvalue weighted by molar-refractivity contribution is 7.07. The van der Waals surface area contributed by atoms with Gasteiger partial charge in [0.15, 0.2) is 6.54 Å². The summed E-state index contributed by atoms with van der Waals surface area (Å²) in [7, 11) is 1.71. The fourth-order valence-corrected chi connectivity index (χ4v) is 6.11. The Morgan fingerprint density at radius 1 is 1.24 bits per heavy atom. The predicted molar refractivity (Wildman–Crippen MR) is 150 cm³/mol. The molecule has 1 saturated heterocycles. The molecule has 1 atom stereocenters.